The zero-order valence-electron chi connectivity index (χ0n) is 18.0. The molecule has 0 fully saturated rings. The Balaban J connectivity index is 1.89. The number of aromatic nitrogens is 2. The molecule has 1 unspecified atom stereocenters. The van der Waals surface area contributed by atoms with Gasteiger partial charge in [0.15, 0.2) is 17.1 Å². The standard InChI is InChI=1S/C24H20F2N4O2/c1-12-7-16(14(3)29-20-6-5-19(25)21(26)18(20)9-27)24-17(8-12)22(31)13(2)23(32-24)15-10-28-30(4)11-15/h5-8,10-11,14,29H,1-4H3. The van der Waals surface area contributed by atoms with Crippen LogP contribution in [0.15, 0.2) is 45.9 Å². The molecule has 0 bridgehead atoms. The van der Waals surface area contributed by atoms with Gasteiger partial charge in [0.1, 0.15) is 23.0 Å². The number of benzene rings is 2. The second kappa shape index (κ2) is 7.93. The van der Waals surface area contributed by atoms with Gasteiger partial charge in [-0.2, -0.15) is 10.4 Å². The number of nitrogens with zero attached hydrogens (tertiary/aromatic N) is 3. The Morgan fingerprint density at radius 1 is 1.25 bits per heavy atom. The normalized spacial score (nSPS) is 12.0. The van der Waals surface area contributed by atoms with E-state index in [0.29, 0.717) is 33.4 Å². The third-order valence-corrected chi connectivity index (χ3v) is 5.40. The van der Waals surface area contributed by atoms with Crippen LogP contribution < -0.4 is 10.7 Å². The van der Waals surface area contributed by atoms with Gasteiger partial charge in [0.05, 0.1) is 28.9 Å². The third kappa shape index (κ3) is 3.52. The Kier molecular flexibility index (Phi) is 5.26. The lowest BCUT2D eigenvalue weighted by Crippen LogP contribution is -2.13. The van der Waals surface area contributed by atoms with Crippen molar-refractivity contribution in [2.45, 2.75) is 26.8 Å². The Bertz CT molecular complexity index is 1460. The molecule has 2 aromatic carbocycles. The number of nitriles is 1. The van der Waals surface area contributed by atoms with Gasteiger partial charge in [-0.15, -0.1) is 0 Å². The van der Waals surface area contributed by atoms with Gasteiger partial charge in [0.25, 0.3) is 0 Å². The van der Waals surface area contributed by atoms with Crippen molar-refractivity contribution in [3.63, 3.8) is 0 Å². The molecule has 6 nitrogen and oxygen atoms in total. The van der Waals surface area contributed by atoms with E-state index in [9.17, 15) is 18.8 Å². The van der Waals surface area contributed by atoms with E-state index in [1.807, 2.05) is 13.0 Å². The van der Waals surface area contributed by atoms with Crippen molar-refractivity contribution in [3.8, 4) is 17.4 Å². The van der Waals surface area contributed by atoms with Crippen LogP contribution in [0.1, 0.15) is 35.2 Å². The molecule has 8 heteroatoms. The summed E-state index contributed by atoms with van der Waals surface area (Å²) in [6.07, 6.45) is 3.38. The highest BCUT2D eigenvalue weighted by Crippen LogP contribution is 2.33. The van der Waals surface area contributed by atoms with E-state index in [2.05, 4.69) is 10.4 Å². The SMILES string of the molecule is Cc1cc(C(C)Nc2ccc(F)c(F)c2C#N)c2oc(-c3cnn(C)c3)c(C)c(=O)c2c1. The van der Waals surface area contributed by atoms with Crippen LogP contribution in [0.25, 0.3) is 22.3 Å². The van der Waals surface area contributed by atoms with E-state index >= 15 is 0 Å². The van der Waals surface area contributed by atoms with Crippen LogP contribution >= 0.6 is 0 Å². The highest BCUT2D eigenvalue weighted by atomic mass is 19.2. The van der Waals surface area contributed by atoms with Crippen LogP contribution in [0.3, 0.4) is 0 Å². The maximum Gasteiger partial charge on any atom is 0.196 e. The molecule has 1 atom stereocenters. The lowest BCUT2D eigenvalue weighted by Gasteiger charge is -2.19. The van der Waals surface area contributed by atoms with Crippen LogP contribution in [0.2, 0.25) is 0 Å². The molecular weight excluding hydrogens is 414 g/mol. The summed E-state index contributed by atoms with van der Waals surface area (Å²) in [7, 11) is 1.77. The topological polar surface area (TPSA) is 83.8 Å². The molecule has 0 spiro atoms. The maximum atomic E-state index is 14.1. The number of anilines is 1. The van der Waals surface area contributed by atoms with Crippen molar-refractivity contribution in [2.24, 2.45) is 7.05 Å². The quantitative estimate of drug-likeness (QED) is 0.481. The second-order valence-electron chi connectivity index (χ2n) is 7.78. The number of rotatable bonds is 4. The second-order valence-corrected chi connectivity index (χ2v) is 7.78. The minimum Gasteiger partial charge on any atom is -0.455 e. The highest BCUT2D eigenvalue weighted by molar-refractivity contribution is 5.84. The predicted molar refractivity (Wildman–Crippen MR) is 117 cm³/mol. The van der Waals surface area contributed by atoms with Gasteiger partial charge < -0.3 is 9.73 Å². The lowest BCUT2D eigenvalue weighted by atomic mass is 9.99. The first-order chi connectivity index (χ1) is 15.2. The van der Waals surface area contributed by atoms with Crippen LogP contribution in [0.5, 0.6) is 0 Å². The van der Waals surface area contributed by atoms with Gasteiger partial charge in [0, 0.05) is 24.4 Å². The molecule has 2 aromatic heterocycles. The van der Waals surface area contributed by atoms with E-state index in [0.717, 1.165) is 11.6 Å². The van der Waals surface area contributed by atoms with Gasteiger partial charge >= 0.3 is 0 Å². The highest BCUT2D eigenvalue weighted by Gasteiger charge is 2.21. The van der Waals surface area contributed by atoms with E-state index in [1.165, 1.54) is 6.07 Å². The van der Waals surface area contributed by atoms with Crippen molar-refractivity contribution < 1.29 is 13.2 Å². The maximum absolute atomic E-state index is 14.1. The van der Waals surface area contributed by atoms with Crippen molar-refractivity contribution in [1.82, 2.24) is 9.78 Å². The van der Waals surface area contributed by atoms with E-state index < -0.39 is 23.2 Å². The zero-order chi connectivity index (χ0) is 23.2. The monoisotopic (exact) mass is 434 g/mol. The van der Waals surface area contributed by atoms with E-state index in [4.69, 9.17) is 4.42 Å². The first-order valence-corrected chi connectivity index (χ1v) is 9.92. The Morgan fingerprint density at radius 2 is 2.00 bits per heavy atom. The van der Waals surface area contributed by atoms with Crippen LogP contribution in [-0.2, 0) is 7.05 Å². The summed E-state index contributed by atoms with van der Waals surface area (Å²) in [4.78, 5) is 13.2. The summed E-state index contributed by atoms with van der Waals surface area (Å²) in [5, 5.41) is 16.9. The fourth-order valence-corrected chi connectivity index (χ4v) is 3.79. The van der Waals surface area contributed by atoms with E-state index in [-0.39, 0.29) is 11.1 Å². The molecule has 4 aromatic rings. The van der Waals surface area contributed by atoms with Gasteiger partial charge in [-0.25, -0.2) is 8.78 Å². The number of hydrogen-bond donors (Lipinski definition) is 1. The fraction of sp³-hybridized carbons (Fsp3) is 0.208. The summed E-state index contributed by atoms with van der Waals surface area (Å²) >= 11 is 0. The Hall–Kier alpha value is -3.99. The smallest absolute Gasteiger partial charge is 0.196 e. The molecule has 2 heterocycles. The molecule has 0 amide bonds. The van der Waals surface area contributed by atoms with Gasteiger partial charge in [-0.05, 0) is 44.5 Å². The largest absolute Gasteiger partial charge is 0.455 e. The molecular formula is C24H20F2N4O2. The van der Waals surface area contributed by atoms with Gasteiger partial charge in [-0.3, -0.25) is 9.48 Å². The molecule has 1 N–H and O–H groups in total. The molecule has 0 aliphatic heterocycles. The molecule has 0 saturated carbocycles. The summed E-state index contributed by atoms with van der Waals surface area (Å²) < 4.78 is 35.5. The zero-order valence-corrected chi connectivity index (χ0v) is 18.0. The predicted octanol–water partition coefficient (Wildman–Crippen LogP) is 5.13. The minimum atomic E-state index is -1.21. The van der Waals surface area contributed by atoms with Crippen molar-refractivity contribution in [2.75, 3.05) is 5.32 Å². The van der Waals surface area contributed by atoms with Crippen molar-refractivity contribution in [3.05, 3.63) is 80.8 Å². The molecule has 0 aliphatic carbocycles. The van der Waals surface area contributed by atoms with Gasteiger partial charge in [0.2, 0.25) is 0 Å². The first kappa shape index (κ1) is 21.2. The number of hydrogen-bond acceptors (Lipinski definition) is 5. The number of halogens is 2. The first-order valence-electron chi connectivity index (χ1n) is 9.92. The van der Waals surface area contributed by atoms with Crippen LogP contribution in [0.4, 0.5) is 14.5 Å². The Labute approximate surface area is 182 Å². The minimum absolute atomic E-state index is 0.149. The summed E-state index contributed by atoms with van der Waals surface area (Å²) in [6.45, 7) is 5.36. The summed E-state index contributed by atoms with van der Waals surface area (Å²) in [5.41, 5.74) is 2.58. The average molecular weight is 434 g/mol. The van der Waals surface area contributed by atoms with Crippen LogP contribution in [0, 0.1) is 36.8 Å². The molecule has 0 saturated heterocycles. The summed E-state index contributed by atoms with van der Waals surface area (Å²) in [6, 6.07) is 7.11. The fourth-order valence-electron chi connectivity index (χ4n) is 3.79. The molecule has 0 radical (unpaired) electrons. The molecule has 162 valence electrons. The number of fused-ring (bicyclic) bond motifs is 1. The van der Waals surface area contributed by atoms with Crippen molar-refractivity contribution in [1.29, 1.82) is 5.26 Å². The lowest BCUT2D eigenvalue weighted by molar-refractivity contribution is 0.506. The average Bonchev–Trinajstić information content (AvgIpc) is 3.19. The number of nitrogens with one attached hydrogen (secondary N) is 1. The molecule has 32 heavy (non-hydrogen) atoms. The number of aryl methyl sites for hydroxylation is 2. The Morgan fingerprint density at radius 3 is 2.66 bits per heavy atom. The molecule has 4 rings (SSSR count). The van der Waals surface area contributed by atoms with E-state index in [1.54, 1.807) is 50.1 Å². The summed E-state index contributed by atoms with van der Waals surface area (Å²) in [5.74, 6) is -1.89. The third-order valence-electron chi connectivity index (χ3n) is 5.40. The van der Waals surface area contributed by atoms with Crippen LogP contribution in [-0.4, -0.2) is 9.78 Å². The molecule has 0 aliphatic rings. The van der Waals surface area contributed by atoms with Gasteiger partial charge in [-0.1, -0.05) is 6.07 Å². The van der Waals surface area contributed by atoms with Crippen molar-refractivity contribution >= 4 is 16.7 Å².